The molecular formula is C10H14FNO. The minimum absolute atomic E-state index is 0.157. The molecule has 0 unspecified atom stereocenters. The Bertz CT molecular complexity index is 299. The molecule has 0 bridgehead atoms. The van der Waals surface area contributed by atoms with Gasteiger partial charge in [0.1, 0.15) is 5.82 Å². The second kappa shape index (κ2) is 4.35. The molecule has 13 heavy (non-hydrogen) atoms. The Labute approximate surface area is 77.7 Å². The molecule has 2 nitrogen and oxygen atoms in total. The minimum atomic E-state index is -0.157. The van der Waals surface area contributed by atoms with E-state index in [1.165, 1.54) is 7.11 Å². The maximum atomic E-state index is 13.4. The van der Waals surface area contributed by atoms with E-state index in [0.717, 1.165) is 5.56 Å². The quantitative estimate of drug-likeness (QED) is 0.724. The molecule has 0 aliphatic rings. The largest absolute Gasteiger partial charge is 0.305 e. The van der Waals surface area contributed by atoms with Crippen molar-refractivity contribution < 1.29 is 9.23 Å². The van der Waals surface area contributed by atoms with Crippen molar-refractivity contribution in [3.8, 4) is 0 Å². The molecule has 0 fully saturated rings. The zero-order chi connectivity index (χ0) is 9.84. The van der Waals surface area contributed by atoms with E-state index in [4.69, 9.17) is 0 Å². The molecule has 0 heterocycles. The minimum Gasteiger partial charge on any atom is -0.305 e. The highest BCUT2D eigenvalue weighted by Gasteiger charge is 2.05. The summed E-state index contributed by atoms with van der Waals surface area (Å²) < 4.78 is 13.4. The molecule has 0 atom stereocenters. The zero-order valence-corrected chi connectivity index (χ0v) is 8.15. The predicted octanol–water partition coefficient (Wildman–Crippen LogP) is 2.09. The Morgan fingerprint density at radius 2 is 2.08 bits per heavy atom. The molecule has 1 N–H and O–H groups in total. The lowest BCUT2D eigenvalue weighted by atomic mass is 10.1. The average Bonchev–Trinajstić information content (AvgIpc) is 2.09. The number of halogens is 1. The summed E-state index contributed by atoms with van der Waals surface area (Å²) in [4.78, 5) is 4.66. The number of hydrogen-bond acceptors (Lipinski definition) is 2. The number of benzene rings is 1. The molecule has 0 radical (unpaired) electrons. The van der Waals surface area contributed by atoms with Crippen LogP contribution in [0.3, 0.4) is 0 Å². The van der Waals surface area contributed by atoms with Gasteiger partial charge < -0.3 is 4.84 Å². The van der Waals surface area contributed by atoms with E-state index in [1.807, 2.05) is 19.1 Å². The van der Waals surface area contributed by atoms with E-state index in [0.29, 0.717) is 17.7 Å². The summed E-state index contributed by atoms with van der Waals surface area (Å²) >= 11 is 0. The van der Waals surface area contributed by atoms with Crippen molar-refractivity contribution in [3.05, 3.63) is 34.6 Å². The number of rotatable bonds is 3. The van der Waals surface area contributed by atoms with Gasteiger partial charge in [-0.2, -0.15) is 5.48 Å². The normalized spacial score (nSPS) is 10.5. The highest BCUT2D eigenvalue weighted by atomic mass is 19.1. The van der Waals surface area contributed by atoms with Crippen LogP contribution in [0.2, 0.25) is 0 Å². The highest BCUT2D eigenvalue weighted by Crippen LogP contribution is 2.14. The molecular weight excluding hydrogens is 169 g/mol. The van der Waals surface area contributed by atoms with E-state index >= 15 is 0 Å². The van der Waals surface area contributed by atoms with Crippen LogP contribution in [0, 0.1) is 19.7 Å². The molecule has 0 aliphatic carbocycles. The van der Waals surface area contributed by atoms with E-state index in [9.17, 15) is 4.39 Å². The van der Waals surface area contributed by atoms with Gasteiger partial charge >= 0.3 is 0 Å². The molecule has 1 rings (SSSR count). The second-order valence-electron chi connectivity index (χ2n) is 3.08. The molecule has 0 aliphatic heterocycles. The molecule has 3 heteroatoms. The van der Waals surface area contributed by atoms with Crippen LogP contribution in [0.4, 0.5) is 4.39 Å². The van der Waals surface area contributed by atoms with Gasteiger partial charge in [-0.15, -0.1) is 0 Å². The van der Waals surface area contributed by atoms with Crippen LogP contribution in [0.1, 0.15) is 16.7 Å². The fourth-order valence-electron chi connectivity index (χ4n) is 1.32. The third-order valence-electron chi connectivity index (χ3n) is 1.88. The Morgan fingerprint density at radius 1 is 1.38 bits per heavy atom. The highest BCUT2D eigenvalue weighted by molar-refractivity contribution is 5.30. The Morgan fingerprint density at radius 3 is 2.69 bits per heavy atom. The van der Waals surface area contributed by atoms with Gasteiger partial charge in [0.15, 0.2) is 0 Å². The van der Waals surface area contributed by atoms with Crippen molar-refractivity contribution in [1.29, 1.82) is 0 Å². The van der Waals surface area contributed by atoms with E-state index in [2.05, 4.69) is 10.3 Å². The lowest BCUT2D eigenvalue weighted by molar-refractivity contribution is 0.0859. The third-order valence-corrected chi connectivity index (χ3v) is 1.88. The van der Waals surface area contributed by atoms with Gasteiger partial charge in [0.25, 0.3) is 0 Å². The van der Waals surface area contributed by atoms with Crippen LogP contribution in [0.25, 0.3) is 0 Å². The maximum absolute atomic E-state index is 13.4. The Kier molecular flexibility index (Phi) is 3.39. The molecule has 0 saturated heterocycles. The lowest BCUT2D eigenvalue weighted by Gasteiger charge is -2.07. The monoisotopic (exact) mass is 183 g/mol. The second-order valence-corrected chi connectivity index (χ2v) is 3.08. The summed E-state index contributed by atoms with van der Waals surface area (Å²) in [6, 6.07) is 3.64. The Balaban J connectivity index is 2.92. The standard InChI is InChI=1S/C10H14FNO/c1-7-4-8(2)10(11)9(5-7)6-12-13-3/h4-5,12H,6H2,1-3H3. The number of hydroxylamine groups is 1. The predicted molar refractivity (Wildman–Crippen MR) is 49.7 cm³/mol. The van der Waals surface area contributed by atoms with Crippen molar-refractivity contribution in [2.75, 3.05) is 7.11 Å². The summed E-state index contributed by atoms with van der Waals surface area (Å²) in [5.74, 6) is -0.157. The van der Waals surface area contributed by atoms with Crippen LogP contribution in [0.5, 0.6) is 0 Å². The molecule has 0 saturated carbocycles. The van der Waals surface area contributed by atoms with Crippen LogP contribution in [-0.4, -0.2) is 7.11 Å². The van der Waals surface area contributed by atoms with Gasteiger partial charge in [-0.25, -0.2) is 4.39 Å². The molecule has 1 aromatic carbocycles. The van der Waals surface area contributed by atoms with Crippen molar-refractivity contribution >= 4 is 0 Å². The summed E-state index contributed by atoms with van der Waals surface area (Å²) in [7, 11) is 1.51. The smallest absolute Gasteiger partial charge is 0.130 e. The average molecular weight is 183 g/mol. The SMILES string of the molecule is CONCc1cc(C)cc(C)c1F. The van der Waals surface area contributed by atoms with Gasteiger partial charge in [0, 0.05) is 12.1 Å². The molecule has 1 aromatic rings. The fraction of sp³-hybridized carbons (Fsp3) is 0.400. The molecule has 0 spiro atoms. The number of aryl methyl sites for hydroxylation is 2. The first-order chi connectivity index (χ1) is 6.15. The van der Waals surface area contributed by atoms with Gasteiger partial charge in [0.2, 0.25) is 0 Å². The van der Waals surface area contributed by atoms with Crippen LogP contribution in [-0.2, 0) is 11.4 Å². The van der Waals surface area contributed by atoms with Crippen LogP contribution >= 0.6 is 0 Å². The molecule has 0 aromatic heterocycles. The summed E-state index contributed by atoms with van der Waals surface area (Å²) in [6.07, 6.45) is 0. The number of nitrogens with one attached hydrogen (secondary N) is 1. The van der Waals surface area contributed by atoms with Gasteiger partial charge in [0.05, 0.1) is 7.11 Å². The first kappa shape index (κ1) is 10.2. The van der Waals surface area contributed by atoms with Gasteiger partial charge in [-0.3, -0.25) is 0 Å². The molecule has 0 amide bonds. The zero-order valence-electron chi connectivity index (χ0n) is 8.15. The summed E-state index contributed by atoms with van der Waals surface area (Å²) in [5.41, 5.74) is 4.99. The van der Waals surface area contributed by atoms with Crippen molar-refractivity contribution in [2.24, 2.45) is 0 Å². The van der Waals surface area contributed by atoms with Crippen molar-refractivity contribution in [2.45, 2.75) is 20.4 Å². The number of hydrogen-bond donors (Lipinski definition) is 1. The first-order valence-electron chi connectivity index (χ1n) is 4.16. The van der Waals surface area contributed by atoms with E-state index in [1.54, 1.807) is 6.92 Å². The summed E-state index contributed by atoms with van der Waals surface area (Å²) in [6.45, 7) is 4.10. The Hall–Kier alpha value is -0.930. The summed E-state index contributed by atoms with van der Waals surface area (Å²) in [5, 5.41) is 0. The lowest BCUT2D eigenvalue weighted by Crippen LogP contribution is -2.12. The van der Waals surface area contributed by atoms with Crippen LogP contribution < -0.4 is 5.48 Å². The van der Waals surface area contributed by atoms with Gasteiger partial charge in [-0.05, 0) is 19.4 Å². The topological polar surface area (TPSA) is 21.3 Å². The maximum Gasteiger partial charge on any atom is 0.130 e. The van der Waals surface area contributed by atoms with Gasteiger partial charge in [-0.1, -0.05) is 17.7 Å². The fourth-order valence-corrected chi connectivity index (χ4v) is 1.32. The first-order valence-corrected chi connectivity index (χ1v) is 4.16. The van der Waals surface area contributed by atoms with Crippen molar-refractivity contribution in [1.82, 2.24) is 5.48 Å². The van der Waals surface area contributed by atoms with Crippen LogP contribution in [0.15, 0.2) is 12.1 Å². The van der Waals surface area contributed by atoms with E-state index in [-0.39, 0.29) is 5.82 Å². The molecule has 72 valence electrons. The van der Waals surface area contributed by atoms with Crippen molar-refractivity contribution in [3.63, 3.8) is 0 Å². The third kappa shape index (κ3) is 2.50. The van der Waals surface area contributed by atoms with E-state index < -0.39 is 0 Å².